The average molecular weight is 302 g/mol. The highest BCUT2D eigenvalue weighted by atomic mass is 19.1. The third-order valence-electron chi connectivity index (χ3n) is 4.13. The van der Waals surface area contributed by atoms with Crippen LogP contribution < -0.4 is 0 Å². The smallest absolute Gasteiger partial charge is 0.356 e. The van der Waals surface area contributed by atoms with Gasteiger partial charge < -0.3 is 4.74 Å². The molecule has 1 aromatic heterocycles. The molecule has 0 N–H and O–H groups in total. The van der Waals surface area contributed by atoms with Gasteiger partial charge in [0.05, 0.1) is 19.1 Å². The van der Waals surface area contributed by atoms with Crippen LogP contribution in [0.4, 0.5) is 4.39 Å². The Kier molecular flexibility index (Phi) is 4.51. The molecule has 1 saturated carbocycles. The van der Waals surface area contributed by atoms with E-state index >= 15 is 0 Å². The molecular weight excluding hydrogens is 283 g/mol. The van der Waals surface area contributed by atoms with Gasteiger partial charge in [0.1, 0.15) is 5.82 Å². The second kappa shape index (κ2) is 6.73. The number of rotatable bonds is 4. The summed E-state index contributed by atoms with van der Waals surface area (Å²) < 4.78 is 20.0. The van der Waals surface area contributed by atoms with Crippen molar-refractivity contribution in [3.05, 3.63) is 48.3 Å². The number of halogens is 1. The number of carbonyl (C=O) groups excluding carboxylic acids is 1. The van der Waals surface area contributed by atoms with Gasteiger partial charge in [0.15, 0.2) is 5.69 Å². The van der Waals surface area contributed by atoms with Gasteiger partial charge in [-0.15, -0.1) is 0 Å². The van der Waals surface area contributed by atoms with Crippen molar-refractivity contribution in [2.24, 2.45) is 5.92 Å². The summed E-state index contributed by atoms with van der Waals surface area (Å²) >= 11 is 0. The molecule has 2 aromatic rings. The lowest BCUT2D eigenvalue weighted by molar-refractivity contribution is 0.0401. The van der Waals surface area contributed by atoms with Crippen molar-refractivity contribution in [3.63, 3.8) is 0 Å². The van der Waals surface area contributed by atoms with E-state index in [1.54, 1.807) is 16.7 Å². The highest BCUT2D eigenvalue weighted by Gasteiger charge is 2.19. The van der Waals surface area contributed by atoms with Crippen molar-refractivity contribution in [1.82, 2.24) is 9.55 Å². The first kappa shape index (κ1) is 14.8. The largest absolute Gasteiger partial charge is 0.461 e. The van der Waals surface area contributed by atoms with Gasteiger partial charge >= 0.3 is 5.97 Å². The second-order valence-electron chi connectivity index (χ2n) is 5.73. The van der Waals surface area contributed by atoms with E-state index in [9.17, 15) is 9.18 Å². The molecule has 0 saturated heterocycles. The van der Waals surface area contributed by atoms with Gasteiger partial charge in [-0.2, -0.15) is 0 Å². The monoisotopic (exact) mass is 302 g/mol. The van der Waals surface area contributed by atoms with Crippen LogP contribution in [0.5, 0.6) is 0 Å². The molecule has 3 rings (SSSR count). The molecule has 1 fully saturated rings. The maximum atomic E-state index is 13.0. The van der Waals surface area contributed by atoms with Crippen LogP contribution in [0.1, 0.15) is 42.6 Å². The van der Waals surface area contributed by atoms with Crippen LogP contribution in [-0.4, -0.2) is 22.1 Å². The predicted octanol–water partition coefficient (Wildman–Crippen LogP) is 3.75. The van der Waals surface area contributed by atoms with Crippen LogP contribution >= 0.6 is 0 Å². The summed E-state index contributed by atoms with van der Waals surface area (Å²) in [7, 11) is 0. The molecule has 0 bridgehead atoms. The fourth-order valence-electron chi connectivity index (χ4n) is 2.87. The minimum Gasteiger partial charge on any atom is -0.461 e. The molecule has 1 aliphatic rings. The van der Waals surface area contributed by atoms with E-state index in [0.29, 0.717) is 23.9 Å². The predicted molar refractivity (Wildman–Crippen MR) is 80.4 cm³/mol. The molecule has 0 atom stereocenters. The van der Waals surface area contributed by atoms with Crippen molar-refractivity contribution in [2.75, 3.05) is 6.61 Å². The number of aromatic nitrogens is 2. The average Bonchev–Trinajstić information content (AvgIpc) is 3.04. The lowest BCUT2D eigenvalue weighted by atomic mass is 9.90. The van der Waals surface area contributed by atoms with Crippen LogP contribution in [0.15, 0.2) is 36.8 Å². The molecule has 1 heterocycles. The Hall–Kier alpha value is -2.17. The molecule has 0 radical (unpaired) electrons. The molecule has 116 valence electrons. The number of esters is 1. The number of imidazole rings is 1. The Morgan fingerprint density at radius 3 is 2.68 bits per heavy atom. The lowest BCUT2D eigenvalue weighted by Gasteiger charge is -2.21. The van der Waals surface area contributed by atoms with E-state index in [0.717, 1.165) is 12.8 Å². The minimum absolute atomic E-state index is 0.315. The molecule has 0 amide bonds. The molecule has 0 spiro atoms. The first-order valence-corrected chi connectivity index (χ1v) is 7.69. The van der Waals surface area contributed by atoms with Crippen molar-refractivity contribution >= 4 is 5.97 Å². The molecule has 1 aromatic carbocycles. The third kappa shape index (κ3) is 3.35. The summed E-state index contributed by atoms with van der Waals surface area (Å²) in [6, 6.07) is 5.92. The Bertz CT molecular complexity index is 630. The minimum atomic E-state index is -0.382. The van der Waals surface area contributed by atoms with Crippen LogP contribution in [-0.2, 0) is 4.74 Å². The Labute approximate surface area is 128 Å². The zero-order valence-electron chi connectivity index (χ0n) is 12.4. The summed E-state index contributed by atoms with van der Waals surface area (Å²) in [5, 5.41) is 0. The van der Waals surface area contributed by atoms with Gasteiger partial charge in [0.25, 0.3) is 0 Å². The van der Waals surface area contributed by atoms with Gasteiger partial charge in [-0.1, -0.05) is 19.3 Å². The summed E-state index contributed by atoms with van der Waals surface area (Å²) in [6.07, 6.45) is 8.99. The molecule has 22 heavy (non-hydrogen) atoms. The Balaban J connectivity index is 1.68. The summed E-state index contributed by atoms with van der Waals surface area (Å²) in [5.41, 5.74) is 1.05. The fraction of sp³-hybridized carbons (Fsp3) is 0.412. The second-order valence-corrected chi connectivity index (χ2v) is 5.73. The van der Waals surface area contributed by atoms with Crippen molar-refractivity contribution in [3.8, 4) is 5.69 Å². The number of ether oxygens (including phenoxy) is 1. The Morgan fingerprint density at radius 1 is 1.23 bits per heavy atom. The SMILES string of the molecule is O=C(OCC1CCCCC1)c1cncn1-c1ccc(F)cc1. The molecule has 5 heteroatoms. The zero-order chi connectivity index (χ0) is 15.4. The van der Waals surface area contributed by atoms with Gasteiger partial charge in [-0.3, -0.25) is 4.57 Å². The highest BCUT2D eigenvalue weighted by molar-refractivity contribution is 5.88. The molecule has 1 aliphatic carbocycles. The van der Waals surface area contributed by atoms with Crippen LogP contribution in [0, 0.1) is 11.7 Å². The van der Waals surface area contributed by atoms with Crippen LogP contribution in [0.2, 0.25) is 0 Å². The maximum absolute atomic E-state index is 13.0. The number of nitrogens with zero attached hydrogens (tertiary/aromatic N) is 2. The number of hydrogen-bond acceptors (Lipinski definition) is 3. The third-order valence-corrected chi connectivity index (χ3v) is 4.13. The van der Waals surface area contributed by atoms with Crippen molar-refractivity contribution < 1.29 is 13.9 Å². The van der Waals surface area contributed by atoms with Crippen LogP contribution in [0.3, 0.4) is 0 Å². The van der Waals surface area contributed by atoms with E-state index in [1.807, 2.05) is 0 Å². The lowest BCUT2D eigenvalue weighted by Crippen LogP contribution is -2.18. The molecule has 4 nitrogen and oxygen atoms in total. The standard InChI is InChI=1S/C17H19FN2O2/c18-14-6-8-15(9-7-14)20-12-19-10-16(20)17(21)22-11-13-4-2-1-3-5-13/h6-10,12-13H,1-5,11H2. The molecule has 0 unspecified atom stereocenters. The number of hydrogen-bond donors (Lipinski definition) is 0. The van der Waals surface area contributed by atoms with Gasteiger partial charge in [0.2, 0.25) is 0 Å². The topological polar surface area (TPSA) is 44.1 Å². The first-order valence-electron chi connectivity index (χ1n) is 7.69. The van der Waals surface area contributed by atoms with E-state index < -0.39 is 0 Å². The van der Waals surface area contributed by atoms with E-state index in [4.69, 9.17) is 4.74 Å². The van der Waals surface area contributed by atoms with E-state index in [1.165, 1.54) is 43.9 Å². The fourth-order valence-corrected chi connectivity index (χ4v) is 2.87. The first-order chi connectivity index (χ1) is 10.7. The van der Waals surface area contributed by atoms with Crippen molar-refractivity contribution in [2.45, 2.75) is 32.1 Å². The summed E-state index contributed by atoms with van der Waals surface area (Å²) in [4.78, 5) is 16.3. The molecule has 0 aliphatic heterocycles. The van der Waals surface area contributed by atoms with Gasteiger partial charge in [-0.05, 0) is 43.0 Å². The van der Waals surface area contributed by atoms with Crippen LogP contribution in [0.25, 0.3) is 5.69 Å². The number of benzene rings is 1. The maximum Gasteiger partial charge on any atom is 0.356 e. The van der Waals surface area contributed by atoms with Crippen molar-refractivity contribution in [1.29, 1.82) is 0 Å². The summed E-state index contributed by atoms with van der Waals surface area (Å²) in [5.74, 6) is -0.224. The van der Waals surface area contributed by atoms with Gasteiger partial charge in [0, 0.05) is 5.69 Å². The number of carbonyl (C=O) groups is 1. The summed E-state index contributed by atoms with van der Waals surface area (Å²) in [6.45, 7) is 0.466. The Morgan fingerprint density at radius 2 is 1.95 bits per heavy atom. The molecular formula is C17H19FN2O2. The zero-order valence-corrected chi connectivity index (χ0v) is 12.4. The van der Waals surface area contributed by atoms with E-state index in [-0.39, 0.29) is 11.8 Å². The van der Waals surface area contributed by atoms with Gasteiger partial charge in [-0.25, -0.2) is 14.2 Å². The quantitative estimate of drug-likeness (QED) is 0.808. The highest BCUT2D eigenvalue weighted by Crippen LogP contribution is 2.24. The van der Waals surface area contributed by atoms with E-state index in [2.05, 4.69) is 4.98 Å². The normalized spacial score (nSPS) is 15.7.